The van der Waals surface area contributed by atoms with Gasteiger partial charge in [-0.1, -0.05) is 34.4 Å². The normalized spacial score (nSPS) is 19.6. The first-order valence-electron chi connectivity index (χ1n) is 8.71. The van der Waals surface area contributed by atoms with Crippen molar-refractivity contribution < 1.29 is 58.3 Å². The number of fused-ring (bicyclic) bond motifs is 1. The van der Waals surface area contributed by atoms with Gasteiger partial charge in [0.15, 0.2) is 4.34 Å². The van der Waals surface area contributed by atoms with Gasteiger partial charge in [-0.05, 0) is 6.42 Å². The molecule has 2 aromatic heterocycles. The third-order valence-electron chi connectivity index (χ3n) is 4.62. The van der Waals surface area contributed by atoms with Crippen LogP contribution < -0.4 is 40.2 Å². The Balaban J connectivity index is 0.00000204. The fourth-order valence-electron chi connectivity index (χ4n) is 3.34. The van der Waals surface area contributed by atoms with Gasteiger partial charge < -0.3 is 12.1 Å². The fraction of sp³-hybridized carbons (Fsp3) is 0.462. The molecule has 4 heterocycles. The molecular weight excluding hydrogens is 548 g/mol. The van der Waals surface area contributed by atoms with E-state index in [4.69, 9.17) is 10.3 Å². The predicted molar refractivity (Wildman–Crippen MR) is 119 cm³/mol. The number of aromatic nitrogens is 4. The molecule has 0 saturated carbocycles. The topological polar surface area (TPSA) is 193 Å². The number of hydrogen-bond donors (Lipinski definition) is 3. The molecule has 2 aliphatic heterocycles. The van der Waals surface area contributed by atoms with Gasteiger partial charge >= 0.3 is 39.9 Å². The second kappa shape index (κ2) is 10.3. The van der Waals surface area contributed by atoms with Crippen molar-refractivity contribution in [2.45, 2.75) is 22.8 Å². The molecule has 0 unspecified atom stereocenters. The zero-order valence-corrected chi connectivity index (χ0v) is 22.9. The van der Waals surface area contributed by atoms with Crippen LogP contribution in [0.25, 0.3) is 0 Å². The van der Waals surface area contributed by atoms with Crippen LogP contribution in [0, 0.1) is 0 Å². The van der Waals surface area contributed by atoms with Crippen molar-refractivity contribution in [1.82, 2.24) is 29.6 Å². The van der Waals surface area contributed by atoms with Crippen molar-refractivity contribution in [3.63, 3.8) is 0 Å². The molecule has 174 valence electrons. The smallest absolute Gasteiger partial charge is 1.00 e. The van der Waals surface area contributed by atoms with Crippen LogP contribution in [-0.4, -0.2) is 90.4 Å². The summed E-state index contributed by atoms with van der Waals surface area (Å²) >= 11 is 7.08. The number of thioether (sulfide) groups is 1. The number of nitrogens with two attached hydrogens (primary N) is 1. The number of anilines is 3. The Hall–Kier alpha value is -1.06. The standard InChI is InChI=1S/C13H14N8O6S5.Na.H/c14-10-15-16-11(30-10)20(6(22)3-28)12-17-18-13(31-12)29-4-7(23)19-2-1-5-8(19)9(24)21(5)32(25,26)27;;/h5,8,28H,1-4H2,(H2,14,15)(H,25,26,27);;/q;+1;-1/t5-,8+;;/m1../s1. The third-order valence-corrected chi connectivity index (χ3v) is 8.60. The van der Waals surface area contributed by atoms with Crippen molar-refractivity contribution in [2.75, 3.05) is 28.7 Å². The average molecular weight is 563 g/mol. The Kier molecular flexibility index (Phi) is 8.27. The number of nitrogens with zero attached hydrogens (tertiary/aromatic N) is 7. The van der Waals surface area contributed by atoms with E-state index in [0.29, 0.717) is 8.64 Å². The molecule has 2 fully saturated rings. The molecule has 33 heavy (non-hydrogen) atoms. The van der Waals surface area contributed by atoms with E-state index >= 15 is 0 Å². The van der Waals surface area contributed by atoms with Gasteiger partial charge in [0.25, 0.3) is 5.91 Å². The number of amides is 3. The second-order valence-electron chi connectivity index (χ2n) is 6.45. The summed E-state index contributed by atoms with van der Waals surface area (Å²) in [6, 6.07) is -1.65. The first-order valence-corrected chi connectivity index (χ1v) is 13.4. The molecule has 2 atom stereocenters. The van der Waals surface area contributed by atoms with Crippen LogP contribution in [-0.2, 0) is 24.7 Å². The van der Waals surface area contributed by atoms with E-state index in [-0.39, 0.29) is 76.8 Å². The molecule has 2 aromatic rings. The van der Waals surface area contributed by atoms with E-state index in [1.807, 2.05) is 0 Å². The van der Waals surface area contributed by atoms with E-state index in [1.54, 1.807) is 0 Å². The van der Waals surface area contributed by atoms with Gasteiger partial charge in [0.2, 0.25) is 27.2 Å². The van der Waals surface area contributed by atoms with Gasteiger partial charge in [-0.2, -0.15) is 21.0 Å². The van der Waals surface area contributed by atoms with Crippen LogP contribution >= 0.6 is 47.1 Å². The maximum atomic E-state index is 12.6. The first-order chi connectivity index (χ1) is 15.1. The van der Waals surface area contributed by atoms with Crippen molar-refractivity contribution in [3.05, 3.63) is 0 Å². The van der Waals surface area contributed by atoms with E-state index in [9.17, 15) is 22.8 Å². The maximum absolute atomic E-state index is 12.6. The molecule has 2 aliphatic rings. The van der Waals surface area contributed by atoms with Crippen LogP contribution in [0.15, 0.2) is 4.34 Å². The summed E-state index contributed by atoms with van der Waals surface area (Å²) in [4.78, 5) is 39.5. The minimum atomic E-state index is -4.64. The molecular formula is C13H15N8NaO6S5. The molecule has 2 saturated heterocycles. The van der Waals surface area contributed by atoms with Gasteiger partial charge in [0.1, 0.15) is 6.04 Å². The Bertz CT molecular complexity index is 1200. The van der Waals surface area contributed by atoms with Crippen LogP contribution in [0.3, 0.4) is 0 Å². The molecule has 0 radical (unpaired) electrons. The Morgan fingerprint density at radius 2 is 1.94 bits per heavy atom. The Labute approximate surface area is 228 Å². The van der Waals surface area contributed by atoms with Crippen molar-refractivity contribution >= 4 is 90.5 Å². The third kappa shape index (κ3) is 5.15. The molecule has 3 N–H and O–H groups in total. The Morgan fingerprint density at radius 1 is 1.27 bits per heavy atom. The number of carbonyl (C=O) groups excluding carboxylic acids is 3. The molecule has 20 heteroatoms. The van der Waals surface area contributed by atoms with E-state index in [1.165, 1.54) is 9.80 Å². The summed E-state index contributed by atoms with van der Waals surface area (Å²) in [6.07, 6.45) is 0.251. The van der Waals surface area contributed by atoms with Crippen LogP contribution in [0.5, 0.6) is 0 Å². The largest absolute Gasteiger partial charge is 1.00 e. The molecule has 0 aromatic carbocycles. The molecule has 0 aliphatic carbocycles. The predicted octanol–water partition coefficient (Wildman–Crippen LogP) is -3.61. The number of hydrogen-bond acceptors (Lipinski definition) is 14. The van der Waals surface area contributed by atoms with Crippen molar-refractivity contribution in [2.24, 2.45) is 0 Å². The summed E-state index contributed by atoms with van der Waals surface area (Å²) in [5.74, 6) is -1.83. The van der Waals surface area contributed by atoms with Gasteiger partial charge in [0, 0.05) is 6.54 Å². The molecule has 14 nitrogen and oxygen atoms in total. The van der Waals surface area contributed by atoms with Gasteiger partial charge in [0.05, 0.1) is 17.5 Å². The van der Waals surface area contributed by atoms with Crippen LogP contribution in [0.2, 0.25) is 0 Å². The number of carbonyl (C=O) groups is 3. The fourth-order valence-corrected chi connectivity index (χ4v) is 6.81. The quantitative estimate of drug-likeness (QED) is 0.0751. The number of β-lactam (4-membered cyclic amide) rings is 1. The zero-order chi connectivity index (χ0) is 23.2. The van der Waals surface area contributed by atoms with Crippen LogP contribution in [0.1, 0.15) is 7.85 Å². The summed E-state index contributed by atoms with van der Waals surface area (Å²) in [6.45, 7) is 0.191. The van der Waals surface area contributed by atoms with Gasteiger partial charge in [-0.15, -0.1) is 20.4 Å². The summed E-state index contributed by atoms with van der Waals surface area (Å²) < 4.78 is 32.5. The SMILES string of the molecule is Nc1nnc(N(C(=O)CS)c2nnc(SCC(=O)N3CC[C@@H]4[C@H]3C(=O)N4S(=O)(=O)O)s2)s1.[H-].[Na+]. The van der Waals surface area contributed by atoms with E-state index in [2.05, 4.69) is 33.0 Å². The van der Waals surface area contributed by atoms with E-state index < -0.39 is 34.2 Å². The molecule has 0 bridgehead atoms. The van der Waals surface area contributed by atoms with E-state index in [0.717, 1.165) is 34.4 Å². The molecule has 3 amide bonds. The number of thiol groups is 1. The summed E-state index contributed by atoms with van der Waals surface area (Å²) in [5.41, 5.74) is 5.58. The second-order valence-corrected chi connectivity index (χ2v) is 11.2. The van der Waals surface area contributed by atoms with Crippen LogP contribution in [0.4, 0.5) is 15.4 Å². The molecule has 0 spiro atoms. The minimum Gasteiger partial charge on any atom is -1.00 e. The number of rotatable bonds is 7. The van der Waals surface area contributed by atoms with Crippen molar-refractivity contribution in [3.8, 4) is 0 Å². The minimum absolute atomic E-state index is 0. The average Bonchev–Trinajstić information content (AvgIpc) is 3.44. The Morgan fingerprint density at radius 3 is 2.55 bits per heavy atom. The van der Waals surface area contributed by atoms with Gasteiger partial charge in [-0.25, -0.2) is 9.21 Å². The summed E-state index contributed by atoms with van der Waals surface area (Å²) in [5, 5.41) is 16.0. The maximum Gasteiger partial charge on any atom is 1.00 e. The van der Waals surface area contributed by atoms with Crippen molar-refractivity contribution in [1.29, 1.82) is 0 Å². The first kappa shape index (κ1) is 26.5. The zero-order valence-electron chi connectivity index (χ0n) is 17.8. The summed E-state index contributed by atoms with van der Waals surface area (Å²) in [7, 11) is -4.64. The molecule has 4 rings (SSSR count). The number of nitrogen functional groups attached to an aromatic ring is 1. The van der Waals surface area contributed by atoms with Gasteiger partial charge in [-0.3, -0.25) is 18.9 Å². The number of likely N-dealkylation sites (tertiary alicyclic amines) is 1. The monoisotopic (exact) mass is 562 g/mol.